The zero-order chi connectivity index (χ0) is 25.1. The van der Waals surface area contributed by atoms with Crippen molar-refractivity contribution in [2.45, 2.75) is 59.4 Å². The standard InChI is InChI=1S/C33H34FN/c1-21-16-17-24(23-12-9-8-10-13-23)19-29(21)35(32(3,4)5)30-20-27-25(18-22(30)2)31-26(33(27,6)7)14-11-15-28(31)34/h8-20H,1-7H3. The van der Waals surface area contributed by atoms with Gasteiger partial charge >= 0.3 is 0 Å². The topological polar surface area (TPSA) is 3.24 Å². The average molecular weight is 464 g/mol. The van der Waals surface area contributed by atoms with Crippen LogP contribution in [0.5, 0.6) is 0 Å². The molecule has 0 atom stereocenters. The third kappa shape index (κ3) is 3.76. The zero-order valence-electron chi connectivity index (χ0n) is 21.8. The van der Waals surface area contributed by atoms with Crippen LogP contribution < -0.4 is 4.90 Å². The van der Waals surface area contributed by atoms with Gasteiger partial charge in [-0.3, -0.25) is 0 Å². The predicted molar refractivity (Wildman–Crippen MR) is 147 cm³/mol. The van der Waals surface area contributed by atoms with E-state index >= 15 is 4.39 Å². The van der Waals surface area contributed by atoms with Crippen molar-refractivity contribution in [2.24, 2.45) is 0 Å². The lowest BCUT2D eigenvalue weighted by atomic mass is 9.81. The van der Waals surface area contributed by atoms with Crippen molar-refractivity contribution in [3.63, 3.8) is 0 Å². The average Bonchev–Trinajstić information content (AvgIpc) is 3.02. The molecule has 0 aliphatic heterocycles. The van der Waals surface area contributed by atoms with E-state index in [1.807, 2.05) is 6.07 Å². The number of rotatable bonds is 3. The largest absolute Gasteiger partial charge is 0.336 e. The summed E-state index contributed by atoms with van der Waals surface area (Å²) in [5, 5.41) is 0. The lowest BCUT2D eigenvalue weighted by Gasteiger charge is -2.40. The molecule has 0 heterocycles. The van der Waals surface area contributed by atoms with Gasteiger partial charge in [0.15, 0.2) is 0 Å². The van der Waals surface area contributed by atoms with Crippen molar-refractivity contribution in [2.75, 3.05) is 4.90 Å². The van der Waals surface area contributed by atoms with Crippen molar-refractivity contribution in [1.82, 2.24) is 0 Å². The van der Waals surface area contributed by atoms with Gasteiger partial charge in [0.05, 0.1) is 0 Å². The van der Waals surface area contributed by atoms with Crippen LogP contribution in [0.15, 0.2) is 78.9 Å². The summed E-state index contributed by atoms with van der Waals surface area (Å²) in [6, 6.07) is 27.2. The zero-order valence-corrected chi connectivity index (χ0v) is 21.8. The fourth-order valence-corrected chi connectivity index (χ4v) is 5.64. The highest BCUT2D eigenvalue weighted by Gasteiger charge is 2.39. The summed E-state index contributed by atoms with van der Waals surface area (Å²) in [7, 11) is 0. The molecule has 4 aromatic carbocycles. The minimum absolute atomic E-state index is 0.138. The molecule has 4 aromatic rings. The molecule has 1 nitrogen and oxygen atoms in total. The van der Waals surface area contributed by atoms with Gasteiger partial charge in [-0.1, -0.05) is 68.4 Å². The highest BCUT2D eigenvalue weighted by molar-refractivity contribution is 5.86. The molecule has 0 saturated carbocycles. The molecule has 0 N–H and O–H groups in total. The second-order valence-electron chi connectivity index (χ2n) is 11.3. The summed E-state index contributed by atoms with van der Waals surface area (Å²) in [6.07, 6.45) is 0. The molecule has 0 radical (unpaired) electrons. The van der Waals surface area contributed by atoms with Crippen molar-refractivity contribution in [1.29, 1.82) is 0 Å². The van der Waals surface area contributed by atoms with E-state index in [1.54, 1.807) is 6.07 Å². The Hall–Kier alpha value is -3.39. The molecule has 0 spiro atoms. The Bertz CT molecular complexity index is 1420. The van der Waals surface area contributed by atoms with E-state index in [9.17, 15) is 0 Å². The van der Waals surface area contributed by atoms with Crippen molar-refractivity contribution in [3.05, 3.63) is 107 Å². The Balaban J connectivity index is 1.73. The quantitative estimate of drug-likeness (QED) is 0.292. The summed E-state index contributed by atoms with van der Waals surface area (Å²) >= 11 is 0. The van der Waals surface area contributed by atoms with E-state index in [0.717, 1.165) is 22.3 Å². The lowest BCUT2D eigenvalue weighted by molar-refractivity contribution is 0.557. The van der Waals surface area contributed by atoms with Crippen LogP contribution in [-0.2, 0) is 5.41 Å². The maximum Gasteiger partial charge on any atom is 0.131 e. The molecule has 0 aromatic heterocycles. The summed E-state index contributed by atoms with van der Waals surface area (Å²) in [6.45, 7) is 15.5. The first-order chi connectivity index (χ1) is 16.5. The molecule has 0 fully saturated rings. The van der Waals surface area contributed by atoms with Crippen LogP contribution in [0.3, 0.4) is 0 Å². The third-order valence-corrected chi connectivity index (χ3v) is 7.43. The molecule has 1 aliphatic rings. The molecule has 178 valence electrons. The van der Waals surface area contributed by atoms with Gasteiger partial charge in [-0.25, -0.2) is 4.39 Å². The minimum atomic E-state index is -0.264. The maximum absolute atomic E-state index is 15.0. The highest BCUT2D eigenvalue weighted by Crippen LogP contribution is 2.52. The fraction of sp³-hybridized carbons (Fsp3) is 0.273. The van der Waals surface area contributed by atoms with E-state index in [-0.39, 0.29) is 16.8 Å². The number of anilines is 2. The SMILES string of the molecule is Cc1ccc(-c2ccccc2)cc1N(c1cc2c(cc1C)-c1c(F)cccc1C2(C)C)C(C)(C)C. The number of benzene rings is 4. The van der Waals surface area contributed by atoms with Gasteiger partial charge in [0, 0.05) is 27.9 Å². The van der Waals surface area contributed by atoms with Crippen molar-refractivity contribution >= 4 is 11.4 Å². The number of hydrogen-bond donors (Lipinski definition) is 0. The van der Waals surface area contributed by atoms with Gasteiger partial charge < -0.3 is 4.90 Å². The molecule has 0 unspecified atom stereocenters. The van der Waals surface area contributed by atoms with Crippen LogP contribution in [0, 0.1) is 19.7 Å². The molecule has 0 bridgehead atoms. The van der Waals surface area contributed by atoms with E-state index in [0.29, 0.717) is 0 Å². The summed E-state index contributed by atoms with van der Waals surface area (Å²) in [4.78, 5) is 2.46. The van der Waals surface area contributed by atoms with Gasteiger partial charge in [-0.15, -0.1) is 0 Å². The van der Waals surface area contributed by atoms with E-state index in [1.165, 1.54) is 33.6 Å². The number of fused-ring (bicyclic) bond motifs is 3. The Morgan fingerprint density at radius 2 is 1.37 bits per heavy atom. The molecule has 5 rings (SSSR count). The normalized spacial score (nSPS) is 13.9. The molecule has 0 saturated heterocycles. The lowest BCUT2D eigenvalue weighted by Crippen LogP contribution is -2.38. The van der Waals surface area contributed by atoms with Crippen LogP contribution in [0.2, 0.25) is 0 Å². The first kappa shape index (κ1) is 23.4. The van der Waals surface area contributed by atoms with Gasteiger partial charge in [0.25, 0.3) is 0 Å². The summed E-state index contributed by atoms with van der Waals surface area (Å²) in [5.74, 6) is -0.138. The molecule has 35 heavy (non-hydrogen) atoms. The summed E-state index contributed by atoms with van der Waals surface area (Å²) in [5.41, 5.74) is 10.8. The number of halogens is 1. The molecule has 2 heteroatoms. The number of hydrogen-bond acceptors (Lipinski definition) is 1. The van der Waals surface area contributed by atoms with Crippen molar-refractivity contribution < 1.29 is 4.39 Å². The van der Waals surface area contributed by atoms with E-state index in [4.69, 9.17) is 0 Å². The second-order valence-corrected chi connectivity index (χ2v) is 11.3. The fourth-order valence-electron chi connectivity index (χ4n) is 5.64. The monoisotopic (exact) mass is 463 g/mol. The first-order valence-electron chi connectivity index (χ1n) is 12.4. The Morgan fingerprint density at radius 3 is 2.06 bits per heavy atom. The highest BCUT2D eigenvalue weighted by atomic mass is 19.1. The third-order valence-electron chi connectivity index (χ3n) is 7.43. The predicted octanol–water partition coefficient (Wildman–Crippen LogP) is 9.35. The van der Waals surface area contributed by atoms with Crippen LogP contribution >= 0.6 is 0 Å². The van der Waals surface area contributed by atoms with Gasteiger partial charge in [0.2, 0.25) is 0 Å². The molecular weight excluding hydrogens is 429 g/mol. The summed E-state index contributed by atoms with van der Waals surface area (Å²) < 4.78 is 15.0. The molecule has 1 aliphatic carbocycles. The Morgan fingerprint density at radius 1 is 0.686 bits per heavy atom. The first-order valence-corrected chi connectivity index (χ1v) is 12.4. The Labute approximate surface area is 209 Å². The van der Waals surface area contributed by atoms with Gasteiger partial charge in [-0.2, -0.15) is 0 Å². The number of aryl methyl sites for hydroxylation is 2. The minimum Gasteiger partial charge on any atom is -0.336 e. The van der Waals surface area contributed by atoms with E-state index in [2.05, 4.69) is 120 Å². The molecular formula is C33H34FN. The van der Waals surface area contributed by atoms with Crippen molar-refractivity contribution in [3.8, 4) is 22.3 Å². The molecule has 0 amide bonds. The van der Waals surface area contributed by atoms with E-state index < -0.39 is 0 Å². The van der Waals surface area contributed by atoms with Gasteiger partial charge in [0.1, 0.15) is 5.82 Å². The van der Waals surface area contributed by atoms with Gasteiger partial charge in [-0.05, 0) is 97.8 Å². The second kappa shape index (κ2) is 8.09. The Kier molecular flexibility index (Phi) is 5.40. The van der Waals surface area contributed by atoms with Crippen LogP contribution in [-0.4, -0.2) is 5.54 Å². The maximum atomic E-state index is 15.0. The van der Waals surface area contributed by atoms with Crippen LogP contribution in [0.25, 0.3) is 22.3 Å². The van der Waals surface area contributed by atoms with Crippen LogP contribution in [0.4, 0.5) is 15.8 Å². The van der Waals surface area contributed by atoms with Crippen LogP contribution in [0.1, 0.15) is 56.9 Å². The number of nitrogens with zero attached hydrogens (tertiary/aromatic N) is 1. The smallest absolute Gasteiger partial charge is 0.131 e.